The Balaban J connectivity index is 2.99. The molecule has 0 fully saturated rings. The van der Waals surface area contributed by atoms with Crippen molar-refractivity contribution in [2.75, 3.05) is 5.32 Å². The van der Waals surface area contributed by atoms with Gasteiger partial charge in [-0.25, -0.2) is 4.39 Å². The fraction of sp³-hybridized carbons (Fsp3) is 0.125. The van der Waals surface area contributed by atoms with Crippen LogP contribution in [0, 0.1) is 5.82 Å². The lowest BCUT2D eigenvalue weighted by Crippen LogP contribution is -2.30. The number of benzene rings is 1. The van der Waals surface area contributed by atoms with E-state index in [2.05, 4.69) is 0 Å². The van der Waals surface area contributed by atoms with E-state index >= 15 is 0 Å². The molecule has 0 aliphatic rings. The van der Waals surface area contributed by atoms with Crippen LogP contribution in [0.3, 0.4) is 0 Å². The summed E-state index contributed by atoms with van der Waals surface area (Å²) >= 11 is 5.33. The molecule has 3 nitrogen and oxygen atoms in total. The summed E-state index contributed by atoms with van der Waals surface area (Å²) in [5.41, 5.74) is -0.759. The molecule has 2 N–H and O–H groups in total. The average Bonchev–Trinajstić information content (AvgIpc) is 2.12. The second-order valence-electron chi connectivity index (χ2n) is 2.74. The van der Waals surface area contributed by atoms with Crippen LogP contribution in [-0.2, 0) is 4.79 Å². The molecule has 0 aliphatic heterocycles. The SMILES string of the molecule is O=C(Nc1cc(Cl)c(O)cc1F)C(F)(F)F. The number of anilines is 1. The molecule has 0 saturated heterocycles. The Morgan fingerprint density at radius 2 is 1.94 bits per heavy atom. The summed E-state index contributed by atoms with van der Waals surface area (Å²) in [6.45, 7) is 0. The number of halogens is 5. The van der Waals surface area contributed by atoms with E-state index in [0.29, 0.717) is 12.1 Å². The van der Waals surface area contributed by atoms with Crippen LogP contribution in [0.25, 0.3) is 0 Å². The lowest BCUT2D eigenvalue weighted by atomic mass is 10.3. The van der Waals surface area contributed by atoms with Gasteiger partial charge in [0.15, 0.2) is 5.82 Å². The molecule has 0 atom stereocenters. The van der Waals surface area contributed by atoms with Gasteiger partial charge >= 0.3 is 12.1 Å². The number of amides is 1. The highest BCUT2D eigenvalue weighted by atomic mass is 35.5. The molecular formula is C8H4ClF4NO2. The number of carbonyl (C=O) groups is 1. The first-order valence-electron chi connectivity index (χ1n) is 3.78. The zero-order chi connectivity index (χ0) is 12.5. The smallest absolute Gasteiger partial charge is 0.471 e. The van der Waals surface area contributed by atoms with Gasteiger partial charge in [0.1, 0.15) is 5.75 Å². The lowest BCUT2D eigenvalue weighted by Gasteiger charge is -2.09. The zero-order valence-electron chi connectivity index (χ0n) is 7.40. The first-order valence-corrected chi connectivity index (χ1v) is 4.16. The number of nitrogens with one attached hydrogen (secondary N) is 1. The zero-order valence-corrected chi connectivity index (χ0v) is 8.16. The fourth-order valence-corrected chi connectivity index (χ4v) is 0.989. The molecule has 1 aromatic carbocycles. The van der Waals surface area contributed by atoms with E-state index in [4.69, 9.17) is 16.7 Å². The molecule has 16 heavy (non-hydrogen) atoms. The molecule has 0 saturated carbocycles. The minimum atomic E-state index is -5.13. The van der Waals surface area contributed by atoms with Crippen molar-refractivity contribution in [3.63, 3.8) is 0 Å². The topological polar surface area (TPSA) is 49.3 Å². The monoisotopic (exact) mass is 257 g/mol. The quantitative estimate of drug-likeness (QED) is 0.600. The molecule has 1 aromatic rings. The van der Waals surface area contributed by atoms with E-state index in [-0.39, 0.29) is 5.02 Å². The van der Waals surface area contributed by atoms with Crippen LogP contribution in [0.2, 0.25) is 5.02 Å². The Morgan fingerprint density at radius 1 is 1.38 bits per heavy atom. The minimum Gasteiger partial charge on any atom is -0.506 e. The number of alkyl halides is 3. The normalized spacial score (nSPS) is 11.3. The van der Waals surface area contributed by atoms with Gasteiger partial charge in [-0.3, -0.25) is 4.79 Å². The van der Waals surface area contributed by atoms with Crippen LogP contribution in [0.4, 0.5) is 23.2 Å². The summed E-state index contributed by atoms with van der Waals surface area (Å²) in [4.78, 5) is 10.5. The van der Waals surface area contributed by atoms with Crippen molar-refractivity contribution in [2.24, 2.45) is 0 Å². The van der Waals surface area contributed by atoms with Gasteiger partial charge in [-0.1, -0.05) is 11.6 Å². The van der Waals surface area contributed by atoms with Gasteiger partial charge in [0.05, 0.1) is 10.7 Å². The van der Waals surface area contributed by atoms with Crippen molar-refractivity contribution in [3.05, 3.63) is 23.0 Å². The highest BCUT2D eigenvalue weighted by Crippen LogP contribution is 2.30. The Kier molecular flexibility index (Phi) is 3.27. The average molecular weight is 258 g/mol. The Morgan fingerprint density at radius 3 is 2.44 bits per heavy atom. The number of carbonyl (C=O) groups excluding carboxylic acids is 1. The predicted molar refractivity (Wildman–Crippen MR) is 47.8 cm³/mol. The van der Waals surface area contributed by atoms with Gasteiger partial charge in [-0.05, 0) is 6.07 Å². The Labute approximate surface area is 91.6 Å². The maximum Gasteiger partial charge on any atom is 0.471 e. The van der Waals surface area contributed by atoms with E-state index in [0.717, 1.165) is 0 Å². The van der Waals surface area contributed by atoms with Crippen LogP contribution >= 0.6 is 11.6 Å². The summed E-state index contributed by atoms with van der Waals surface area (Å²) < 4.78 is 48.5. The largest absolute Gasteiger partial charge is 0.506 e. The summed E-state index contributed by atoms with van der Waals surface area (Å²) in [5.74, 6) is -4.18. The van der Waals surface area contributed by atoms with Crippen molar-refractivity contribution >= 4 is 23.2 Å². The molecule has 0 aromatic heterocycles. The van der Waals surface area contributed by atoms with E-state index < -0.39 is 29.3 Å². The number of phenols is 1. The molecule has 88 valence electrons. The van der Waals surface area contributed by atoms with Gasteiger partial charge in [0.25, 0.3) is 0 Å². The Bertz CT molecular complexity index is 433. The van der Waals surface area contributed by atoms with Gasteiger partial charge in [0.2, 0.25) is 0 Å². The maximum atomic E-state index is 13.0. The third-order valence-electron chi connectivity index (χ3n) is 1.54. The second kappa shape index (κ2) is 4.17. The van der Waals surface area contributed by atoms with Gasteiger partial charge < -0.3 is 10.4 Å². The molecule has 0 radical (unpaired) electrons. The van der Waals surface area contributed by atoms with E-state index in [9.17, 15) is 22.4 Å². The molecule has 1 amide bonds. The summed E-state index contributed by atoms with van der Waals surface area (Å²) in [5, 5.41) is 9.82. The minimum absolute atomic E-state index is 0.376. The molecular weight excluding hydrogens is 254 g/mol. The van der Waals surface area contributed by atoms with Crippen LogP contribution in [0.1, 0.15) is 0 Å². The van der Waals surface area contributed by atoms with Crippen LogP contribution in [0.15, 0.2) is 12.1 Å². The number of hydrogen-bond acceptors (Lipinski definition) is 2. The van der Waals surface area contributed by atoms with Crippen molar-refractivity contribution in [2.45, 2.75) is 6.18 Å². The lowest BCUT2D eigenvalue weighted by molar-refractivity contribution is -0.167. The molecule has 0 heterocycles. The molecule has 0 aliphatic carbocycles. The third kappa shape index (κ3) is 2.75. The first kappa shape index (κ1) is 12.6. The third-order valence-corrected chi connectivity index (χ3v) is 1.84. The fourth-order valence-electron chi connectivity index (χ4n) is 0.825. The van der Waals surface area contributed by atoms with Gasteiger partial charge in [0, 0.05) is 6.07 Å². The van der Waals surface area contributed by atoms with Crippen LogP contribution < -0.4 is 5.32 Å². The molecule has 1 rings (SSSR count). The maximum absolute atomic E-state index is 13.0. The highest BCUT2D eigenvalue weighted by molar-refractivity contribution is 6.32. The van der Waals surface area contributed by atoms with Crippen molar-refractivity contribution in [3.8, 4) is 5.75 Å². The number of phenolic OH excluding ortho intramolecular Hbond substituents is 1. The standard InChI is InChI=1S/C8H4ClF4NO2/c9-3-1-5(4(10)2-6(3)15)14-7(16)8(11,12)13/h1-2,15H,(H,14,16). The number of rotatable bonds is 1. The Hall–Kier alpha value is -1.50. The second-order valence-corrected chi connectivity index (χ2v) is 3.14. The summed E-state index contributed by atoms with van der Waals surface area (Å²) in [6.07, 6.45) is -5.13. The predicted octanol–water partition coefficient (Wildman–Crippen LogP) is 2.69. The van der Waals surface area contributed by atoms with Crippen molar-refractivity contribution < 1.29 is 27.5 Å². The molecule has 0 spiro atoms. The summed E-state index contributed by atoms with van der Waals surface area (Å²) in [6, 6.07) is 1.17. The van der Waals surface area contributed by atoms with Crippen LogP contribution in [-0.4, -0.2) is 17.2 Å². The molecule has 8 heteroatoms. The van der Waals surface area contributed by atoms with Gasteiger partial charge in [-0.15, -0.1) is 0 Å². The van der Waals surface area contributed by atoms with Gasteiger partial charge in [-0.2, -0.15) is 13.2 Å². The van der Waals surface area contributed by atoms with Crippen LogP contribution in [0.5, 0.6) is 5.75 Å². The highest BCUT2D eigenvalue weighted by Gasteiger charge is 2.39. The summed E-state index contributed by atoms with van der Waals surface area (Å²) in [7, 11) is 0. The van der Waals surface area contributed by atoms with Crippen molar-refractivity contribution in [1.29, 1.82) is 0 Å². The van der Waals surface area contributed by atoms with E-state index in [1.165, 1.54) is 5.32 Å². The molecule has 0 unspecified atom stereocenters. The molecule has 0 bridgehead atoms. The first-order chi connectivity index (χ1) is 7.21. The number of hydrogen-bond donors (Lipinski definition) is 2. The van der Waals surface area contributed by atoms with E-state index in [1.54, 1.807) is 0 Å². The number of aromatic hydroxyl groups is 1. The van der Waals surface area contributed by atoms with E-state index in [1.807, 2.05) is 0 Å². The van der Waals surface area contributed by atoms with Crippen molar-refractivity contribution in [1.82, 2.24) is 0 Å².